The highest BCUT2D eigenvalue weighted by Gasteiger charge is 2.47. The number of Topliss-reactive ketones (excluding diaryl/α,β-unsaturated/α-hetero) is 1. The molecule has 2 heterocycles. The van der Waals surface area contributed by atoms with E-state index in [0.29, 0.717) is 23.8 Å². The van der Waals surface area contributed by atoms with Crippen LogP contribution in [0.4, 0.5) is 4.79 Å². The van der Waals surface area contributed by atoms with Crippen molar-refractivity contribution in [1.29, 1.82) is 0 Å². The summed E-state index contributed by atoms with van der Waals surface area (Å²) in [4.78, 5) is 22.3. The van der Waals surface area contributed by atoms with Gasteiger partial charge in [0.05, 0.1) is 34.9 Å². The van der Waals surface area contributed by atoms with Crippen LogP contribution in [0.1, 0.15) is 32.6 Å². The van der Waals surface area contributed by atoms with Crippen LogP contribution >= 0.6 is 34.6 Å². The van der Waals surface area contributed by atoms with E-state index in [0.717, 1.165) is 25.0 Å². The maximum Gasteiger partial charge on any atom is 0.326 e. The van der Waals surface area contributed by atoms with Crippen molar-refractivity contribution < 1.29 is 9.59 Å². The van der Waals surface area contributed by atoms with Gasteiger partial charge in [0.2, 0.25) is 0 Å². The standard InChI is InChI=1S/C11H17IN2O2S/c1-7(15)4-2-3-5-9-10-8(6-17-9)14(12)11(16)13-10/h8-10H,2-6H2,1H3,(H,13,16)/t8-,9-,10+/m1/s1. The van der Waals surface area contributed by atoms with Crippen LogP contribution in [0.25, 0.3) is 0 Å². The summed E-state index contributed by atoms with van der Waals surface area (Å²) in [6, 6.07) is 0.710. The third-order valence-corrected chi connectivity index (χ3v) is 5.98. The molecular formula is C11H17IN2O2S. The number of nitrogens with zero attached hydrogens (tertiary/aromatic N) is 1. The smallest absolute Gasteiger partial charge is 0.326 e. The van der Waals surface area contributed by atoms with Gasteiger partial charge in [0, 0.05) is 17.4 Å². The molecular weight excluding hydrogens is 351 g/mol. The molecule has 0 spiro atoms. The van der Waals surface area contributed by atoms with E-state index in [1.165, 1.54) is 0 Å². The third-order valence-electron chi connectivity index (χ3n) is 3.34. The summed E-state index contributed by atoms with van der Waals surface area (Å²) in [5.74, 6) is 1.30. The van der Waals surface area contributed by atoms with Crippen LogP contribution in [-0.4, -0.2) is 38.0 Å². The fraction of sp³-hybridized carbons (Fsp3) is 0.818. The zero-order chi connectivity index (χ0) is 12.4. The normalized spacial score (nSPS) is 31.5. The Morgan fingerprint density at radius 1 is 1.59 bits per heavy atom. The molecule has 6 heteroatoms. The van der Waals surface area contributed by atoms with Crippen LogP contribution in [0.5, 0.6) is 0 Å². The first-order valence-electron chi connectivity index (χ1n) is 5.96. The number of hydrogen-bond donors (Lipinski definition) is 1. The molecule has 2 fully saturated rings. The van der Waals surface area contributed by atoms with Gasteiger partial charge in [0.15, 0.2) is 0 Å². The molecule has 1 N–H and O–H groups in total. The fourth-order valence-electron chi connectivity index (χ4n) is 2.41. The zero-order valence-corrected chi connectivity index (χ0v) is 12.8. The first-order valence-corrected chi connectivity index (χ1v) is 7.97. The van der Waals surface area contributed by atoms with Crippen molar-refractivity contribution >= 4 is 46.4 Å². The lowest BCUT2D eigenvalue weighted by Gasteiger charge is -2.16. The molecule has 0 bridgehead atoms. The molecule has 2 saturated heterocycles. The van der Waals surface area contributed by atoms with Gasteiger partial charge in [0.25, 0.3) is 0 Å². The van der Waals surface area contributed by atoms with Crippen LogP contribution < -0.4 is 5.32 Å². The Balaban J connectivity index is 1.76. The van der Waals surface area contributed by atoms with Crippen molar-refractivity contribution in [2.45, 2.75) is 49.9 Å². The van der Waals surface area contributed by atoms with Crippen LogP contribution in [0.3, 0.4) is 0 Å². The molecule has 2 aliphatic rings. The fourth-order valence-corrected chi connectivity index (χ4v) is 4.95. The molecule has 0 radical (unpaired) electrons. The van der Waals surface area contributed by atoms with Crippen molar-refractivity contribution in [2.24, 2.45) is 0 Å². The Morgan fingerprint density at radius 3 is 3.06 bits per heavy atom. The summed E-state index contributed by atoms with van der Waals surface area (Å²) in [6.45, 7) is 1.64. The number of ketones is 1. The van der Waals surface area contributed by atoms with E-state index in [1.54, 1.807) is 10.0 Å². The molecule has 0 aromatic rings. The average molecular weight is 368 g/mol. The number of fused-ring (bicyclic) bond motifs is 1. The summed E-state index contributed by atoms with van der Waals surface area (Å²) >= 11 is 4.06. The number of carbonyl (C=O) groups excluding carboxylic acids is 2. The van der Waals surface area contributed by atoms with E-state index in [-0.39, 0.29) is 11.8 Å². The molecule has 4 nitrogen and oxygen atoms in total. The second-order valence-electron chi connectivity index (χ2n) is 4.67. The van der Waals surface area contributed by atoms with Gasteiger partial charge in [-0.25, -0.2) is 4.79 Å². The SMILES string of the molecule is CC(=O)CCCC[C@H]1SC[C@@H]2[C@@H]1NC(=O)N2I. The number of unbranched alkanes of at least 4 members (excludes halogenated alkanes) is 1. The predicted octanol–water partition coefficient (Wildman–Crippen LogP) is 2.36. The Hall–Kier alpha value is 0.0200. The van der Waals surface area contributed by atoms with E-state index in [2.05, 4.69) is 28.2 Å². The first-order chi connectivity index (χ1) is 8.09. The van der Waals surface area contributed by atoms with Gasteiger partial charge in [-0.3, -0.25) is 3.11 Å². The first kappa shape index (κ1) is 13.5. The Labute approximate surface area is 120 Å². The van der Waals surface area contributed by atoms with E-state index in [9.17, 15) is 9.59 Å². The van der Waals surface area contributed by atoms with Gasteiger partial charge >= 0.3 is 6.03 Å². The second kappa shape index (κ2) is 5.77. The Kier molecular flexibility index (Phi) is 4.57. The number of amides is 2. The largest absolute Gasteiger partial charge is 0.331 e. The number of rotatable bonds is 5. The Morgan fingerprint density at radius 2 is 2.35 bits per heavy atom. The minimum Gasteiger partial charge on any atom is -0.331 e. The van der Waals surface area contributed by atoms with Gasteiger partial charge in [-0.1, -0.05) is 6.42 Å². The average Bonchev–Trinajstić information content (AvgIpc) is 2.77. The minimum absolute atomic E-state index is 0.0506. The van der Waals surface area contributed by atoms with E-state index in [4.69, 9.17) is 0 Å². The molecule has 0 saturated carbocycles. The lowest BCUT2D eigenvalue weighted by atomic mass is 10.0. The van der Waals surface area contributed by atoms with Gasteiger partial charge in [-0.2, -0.15) is 11.8 Å². The van der Waals surface area contributed by atoms with Crippen LogP contribution in [0, 0.1) is 0 Å². The number of halogens is 1. The minimum atomic E-state index is 0.0506. The van der Waals surface area contributed by atoms with Crippen molar-refractivity contribution in [3.63, 3.8) is 0 Å². The molecule has 0 unspecified atom stereocenters. The maximum absolute atomic E-state index is 11.5. The number of hydrogen-bond acceptors (Lipinski definition) is 3. The summed E-state index contributed by atoms with van der Waals surface area (Å²) < 4.78 is 1.80. The van der Waals surface area contributed by atoms with Gasteiger partial charge in [0.1, 0.15) is 5.78 Å². The van der Waals surface area contributed by atoms with Crippen molar-refractivity contribution in [3.8, 4) is 0 Å². The molecule has 0 aromatic carbocycles. The van der Waals surface area contributed by atoms with E-state index in [1.807, 2.05) is 11.8 Å². The molecule has 0 aliphatic carbocycles. The van der Waals surface area contributed by atoms with Gasteiger partial charge in [-0.15, -0.1) is 0 Å². The maximum atomic E-state index is 11.5. The molecule has 0 aromatic heterocycles. The summed E-state index contributed by atoms with van der Waals surface area (Å²) in [5, 5.41) is 3.58. The molecule has 17 heavy (non-hydrogen) atoms. The highest BCUT2D eigenvalue weighted by Crippen LogP contribution is 2.38. The predicted molar refractivity (Wildman–Crippen MR) is 77.4 cm³/mol. The van der Waals surface area contributed by atoms with E-state index < -0.39 is 0 Å². The molecule has 2 aliphatic heterocycles. The quantitative estimate of drug-likeness (QED) is 0.351. The lowest BCUT2D eigenvalue weighted by Crippen LogP contribution is -2.36. The van der Waals surface area contributed by atoms with Crippen LogP contribution in [0.15, 0.2) is 0 Å². The summed E-state index contributed by atoms with van der Waals surface area (Å²) in [6.07, 6.45) is 3.85. The molecule has 2 rings (SSSR count). The zero-order valence-electron chi connectivity index (χ0n) is 9.82. The number of urea groups is 1. The van der Waals surface area contributed by atoms with Crippen LogP contribution in [0.2, 0.25) is 0 Å². The number of thioether (sulfide) groups is 1. The monoisotopic (exact) mass is 368 g/mol. The van der Waals surface area contributed by atoms with Crippen LogP contribution in [-0.2, 0) is 4.79 Å². The van der Waals surface area contributed by atoms with Gasteiger partial charge in [-0.05, 0) is 19.8 Å². The lowest BCUT2D eigenvalue weighted by molar-refractivity contribution is -0.117. The molecule has 3 atom stereocenters. The topological polar surface area (TPSA) is 49.4 Å². The van der Waals surface area contributed by atoms with Gasteiger partial charge < -0.3 is 10.1 Å². The number of nitrogens with one attached hydrogen (secondary N) is 1. The Bertz CT molecular complexity index is 327. The molecule has 96 valence electrons. The van der Waals surface area contributed by atoms with Crippen molar-refractivity contribution in [1.82, 2.24) is 8.43 Å². The highest BCUT2D eigenvalue weighted by molar-refractivity contribution is 14.1. The third kappa shape index (κ3) is 3.07. The summed E-state index contributed by atoms with van der Waals surface area (Å²) in [5.41, 5.74) is 0. The molecule has 2 amide bonds. The van der Waals surface area contributed by atoms with Crippen molar-refractivity contribution in [2.75, 3.05) is 5.75 Å². The second-order valence-corrected chi connectivity index (χ2v) is 6.99. The van der Waals surface area contributed by atoms with E-state index >= 15 is 0 Å². The van der Waals surface area contributed by atoms with Crippen molar-refractivity contribution in [3.05, 3.63) is 0 Å². The summed E-state index contributed by atoms with van der Waals surface area (Å²) in [7, 11) is 0. The number of carbonyl (C=O) groups is 2. The highest BCUT2D eigenvalue weighted by atomic mass is 127.